The highest BCUT2D eigenvalue weighted by molar-refractivity contribution is 5.83. The van der Waals surface area contributed by atoms with E-state index in [-0.39, 0.29) is 18.0 Å². The van der Waals surface area contributed by atoms with Crippen LogP contribution in [-0.2, 0) is 17.8 Å². The molecule has 0 heterocycles. The molecule has 0 aromatic heterocycles. The number of benzene rings is 3. The van der Waals surface area contributed by atoms with Gasteiger partial charge < -0.3 is 9.47 Å². The number of hydrazone groups is 1. The Hall–Kier alpha value is -4.20. The van der Waals surface area contributed by atoms with Crippen LogP contribution < -0.4 is 14.9 Å². The van der Waals surface area contributed by atoms with Crippen molar-refractivity contribution in [3.05, 3.63) is 99.6 Å². The van der Waals surface area contributed by atoms with E-state index < -0.39 is 4.92 Å². The largest absolute Gasteiger partial charge is 0.497 e. The number of rotatable bonds is 9. The summed E-state index contributed by atoms with van der Waals surface area (Å²) in [4.78, 5) is 22.2. The summed E-state index contributed by atoms with van der Waals surface area (Å²) >= 11 is 0. The Labute approximate surface area is 179 Å². The van der Waals surface area contributed by atoms with Gasteiger partial charge in [0, 0.05) is 12.1 Å². The van der Waals surface area contributed by atoms with Crippen molar-refractivity contribution < 1.29 is 19.2 Å². The number of ether oxygens (including phenoxy) is 2. The normalized spacial score (nSPS) is 10.6. The average Bonchev–Trinajstić information content (AvgIpc) is 2.79. The molecule has 0 aliphatic rings. The Kier molecular flexibility index (Phi) is 7.31. The van der Waals surface area contributed by atoms with Crippen molar-refractivity contribution in [2.45, 2.75) is 13.0 Å². The quantitative estimate of drug-likeness (QED) is 0.322. The molecule has 8 nitrogen and oxygen atoms in total. The fraction of sp³-hybridized carbons (Fsp3) is 0.130. The number of nitrogens with zero attached hydrogens (tertiary/aromatic N) is 2. The van der Waals surface area contributed by atoms with Crippen molar-refractivity contribution in [3.63, 3.8) is 0 Å². The summed E-state index contributed by atoms with van der Waals surface area (Å²) in [6.07, 6.45) is 1.77. The lowest BCUT2D eigenvalue weighted by Gasteiger charge is -2.06. The van der Waals surface area contributed by atoms with Gasteiger partial charge in [-0.3, -0.25) is 14.9 Å². The molecule has 0 fully saturated rings. The molecule has 0 aliphatic heterocycles. The summed E-state index contributed by atoms with van der Waals surface area (Å²) in [5.74, 6) is 1.17. The summed E-state index contributed by atoms with van der Waals surface area (Å²) in [6.45, 7) is 0.298. The van der Waals surface area contributed by atoms with E-state index in [1.165, 1.54) is 12.1 Å². The highest BCUT2D eigenvalue weighted by atomic mass is 16.6. The standard InChI is InChI=1S/C23H21N3O5/c1-30-21-10-4-17(5-11-21)14-23(27)25-24-15-18-6-12-22(13-7-18)31-16-19-2-8-20(9-3-19)26(28)29/h2-13,15H,14,16H2,1H3,(H,25,27)/b24-15+. The number of hydrogen-bond donors (Lipinski definition) is 1. The van der Waals surface area contributed by atoms with E-state index in [9.17, 15) is 14.9 Å². The van der Waals surface area contributed by atoms with Crippen LogP contribution in [0.4, 0.5) is 5.69 Å². The van der Waals surface area contributed by atoms with Crippen LogP contribution in [0.25, 0.3) is 0 Å². The lowest BCUT2D eigenvalue weighted by atomic mass is 10.1. The molecule has 0 bridgehead atoms. The van der Waals surface area contributed by atoms with Crippen LogP contribution in [0.1, 0.15) is 16.7 Å². The van der Waals surface area contributed by atoms with Gasteiger partial charge in [0.05, 0.1) is 24.7 Å². The molecule has 0 atom stereocenters. The van der Waals surface area contributed by atoms with Gasteiger partial charge in [0.1, 0.15) is 18.1 Å². The average molecular weight is 419 g/mol. The summed E-state index contributed by atoms with van der Waals surface area (Å²) in [7, 11) is 1.59. The van der Waals surface area contributed by atoms with Crippen LogP contribution >= 0.6 is 0 Å². The van der Waals surface area contributed by atoms with Crippen LogP contribution in [0, 0.1) is 10.1 Å². The minimum absolute atomic E-state index is 0.0449. The predicted molar refractivity (Wildman–Crippen MR) is 116 cm³/mol. The van der Waals surface area contributed by atoms with Crippen LogP contribution in [-0.4, -0.2) is 24.2 Å². The van der Waals surface area contributed by atoms with Crippen molar-refractivity contribution in [1.82, 2.24) is 5.43 Å². The smallest absolute Gasteiger partial charge is 0.269 e. The number of methoxy groups -OCH3 is 1. The zero-order valence-corrected chi connectivity index (χ0v) is 16.9. The van der Waals surface area contributed by atoms with E-state index in [2.05, 4.69) is 10.5 Å². The molecule has 3 rings (SSSR count). The molecule has 1 amide bonds. The minimum Gasteiger partial charge on any atom is -0.497 e. The maximum Gasteiger partial charge on any atom is 0.269 e. The van der Waals surface area contributed by atoms with E-state index >= 15 is 0 Å². The third-order valence-corrected chi connectivity index (χ3v) is 4.36. The van der Waals surface area contributed by atoms with E-state index in [1.807, 2.05) is 24.3 Å². The van der Waals surface area contributed by atoms with Gasteiger partial charge >= 0.3 is 0 Å². The topological polar surface area (TPSA) is 103 Å². The second-order valence-corrected chi connectivity index (χ2v) is 6.60. The molecule has 0 saturated heterocycles. The Morgan fingerprint density at radius 1 is 0.968 bits per heavy atom. The highest BCUT2D eigenvalue weighted by Crippen LogP contribution is 2.16. The number of hydrogen-bond acceptors (Lipinski definition) is 6. The van der Waals surface area contributed by atoms with Crippen molar-refractivity contribution in [2.24, 2.45) is 5.10 Å². The van der Waals surface area contributed by atoms with Gasteiger partial charge in [-0.15, -0.1) is 0 Å². The van der Waals surface area contributed by atoms with Crippen molar-refractivity contribution in [1.29, 1.82) is 0 Å². The minimum atomic E-state index is -0.438. The number of nitrogens with one attached hydrogen (secondary N) is 1. The molecule has 0 unspecified atom stereocenters. The summed E-state index contributed by atoms with van der Waals surface area (Å²) < 4.78 is 10.8. The first-order valence-electron chi connectivity index (χ1n) is 9.44. The van der Waals surface area contributed by atoms with Crippen molar-refractivity contribution in [2.75, 3.05) is 7.11 Å². The van der Waals surface area contributed by atoms with Gasteiger partial charge in [-0.05, 0) is 65.2 Å². The van der Waals surface area contributed by atoms with Gasteiger partial charge in [0.25, 0.3) is 5.69 Å². The van der Waals surface area contributed by atoms with Gasteiger partial charge in [0.2, 0.25) is 5.91 Å². The van der Waals surface area contributed by atoms with Crippen LogP contribution in [0.5, 0.6) is 11.5 Å². The first kappa shape index (κ1) is 21.5. The number of non-ortho nitro benzene ring substituents is 1. The Balaban J connectivity index is 1.45. The highest BCUT2D eigenvalue weighted by Gasteiger charge is 2.05. The first-order valence-corrected chi connectivity index (χ1v) is 9.44. The molecule has 0 aliphatic carbocycles. The molecular formula is C23H21N3O5. The fourth-order valence-electron chi connectivity index (χ4n) is 2.68. The summed E-state index contributed by atoms with van der Waals surface area (Å²) in [5.41, 5.74) is 5.04. The Morgan fingerprint density at radius 2 is 1.58 bits per heavy atom. The van der Waals surface area contributed by atoms with E-state index in [0.717, 1.165) is 22.4 Å². The number of nitro groups is 1. The summed E-state index contributed by atoms with van der Waals surface area (Å²) in [5, 5.41) is 14.6. The van der Waals surface area contributed by atoms with Crippen LogP contribution in [0.2, 0.25) is 0 Å². The Bertz CT molecular complexity index is 1050. The molecular weight excluding hydrogens is 398 g/mol. The van der Waals surface area contributed by atoms with Gasteiger partial charge in [-0.1, -0.05) is 12.1 Å². The van der Waals surface area contributed by atoms with Gasteiger partial charge in [0.15, 0.2) is 0 Å². The third-order valence-electron chi connectivity index (χ3n) is 4.36. The molecule has 0 radical (unpaired) electrons. The second-order valence-electron chi connectivity index (χ2n) is 6.60. The molecule has 3 aromatic rings. The zero-order valence-electron chi connectivity index (χ0n) is 16.9. The molecule has 158 valence electrons. The molecule has 1 N–H and O–H groups in total. The maximum atomic E-state index is 12.0. The van der Waals surface area contributed by atoms with Crippen molar-refractivity contribution in [3.8, 4) is 11.5 Å². The van der Waals surface area contributed by atoms with Gasteiger partial charge in [-0.2, -0.15) is 5.10 Å². The molecule has 31 heavy (non-hydrogen) atoms. The number of carbonyl (C=O) groups excluding carboxylic acids is 1. The Morgan fingerprint density at radius 3 is 2.19 bits per heavy atom. The zero-order chi connectivity index (χ0) is 22.1. The van der Waals surface area contributed by atoms with E-state index in [1.54, 1.807) is 49.7 Å². The van der Waals surface area contributed by atoms with Gasteiger partial charge in [-0.25, -0.2) is 5.43 Å². The van der Waals surface area contributed by atoms with Crippen LogP contribution in [0.3, 0.4) is 0 Å². The summed E-state index contributed by atoms with van der Waals surface area (Å²) in [6, 6.07) is 20.7. The number of carbonyl (C=O) groups is 1. The van der Waals surface area contributed by atoms with E-state index in [4.69, 9.17) is 9.47 Å². The molecule has 3 aromatic carbocycles. The fourth-order valence-corrected chi connectivity index (χ4v) is 2.68. The molecule has 0 saturated carbocycles. The van der Waals surface area contributed by atoms with Crippen LogP contribution in [0.15, 0.2) is 77.9 Å². The second kappa shape index (κ2) is 10.5. The third kappa shape index (κ3) is 6.67. The van der Waals surface area contributed by atoms with Crippen molar-refractivity contribution >= 4 is 17.8 Å². The first-order chi connectivity index (χ1) is 15.0. The number of amides is 1. The lowest BCUT2D eigenvalue weighted by Crippen LogP contribution is -2.19. The molecule has 8 heteroatoms. The SMILES string of the molecule is COc1ccc(CC(=O)N/N=C/c2ccc(OCc3ccc([N+](=O)[O-])cc3)cc2)cc1. The van der Waals surface area contributed by atoms with E-state index in [0.29, 0.717) is 12.4 Å². The lowest BCUT2D eigenvalue weighted by molar-refractivity contribution is -0.384. The maximum absolute atomic E-state index is 12.0. The number of nitro benzene ring substituents is 1. The predicted octanol–water partition coefficient (Wildman–Crippen LogP) is 3.88. The molecule has 0 spiro atoms. The monoisotopic (exact) mass is 419 g/mol.